The highest BCUT2D eigenvalue weighted by Gasteiger charge is 2.07. The molecule has 0 saturated heterocycles. The Morgan fingerprint density at radius 1 is 1.06 bits per heavy atom. The molecule has 1 aromatic rings. The third-order valence-corrected chi connectivity index (χ3v) is 2.36. The van der Waals surface area contributed by atoms with E-state index in [-0.39, 0.29) is 0 Å². The predicted octanol–water partition coefficient (Wildman–Crippen LogP) is 2.94. The summed E-state index contributed by atoms with van der Waals surface area (Å²) in [6.07, 6.45) is 1.41. The van der Waals surface area contributed by atoms with Crippen molar-refractivity contribution in [2.45, 2.75) is 32.8 Å². The summed E-state index contributed by atoms with van der Waals surface area (Å²) in [5.74, 6) is 0.845. The van der Waals surface area contributed by atoms with E-state index in [1.165, 1.54) is 0 Å². The van der Waals surface area contributed by atoms with Gasteiger partial charge in [0.1, 0.15) is 11.9 Å². The summed E-state index contributed by atoms with van der Waals surface area (Å²) < 4.78 is 10.8. The quantitative estimate of drug-likeness (QED) is 0.708. The summed E-state index contributed by atoms with van der Waals surface area (Å²) in [6, 6.07) is 7.53. The maximum absolute atomic E-state index is 9.85. The maximum Gasteiger partial charge on any atom is 0.119 e. The molecule has 0 amide bonds. The van der Waals surface area contributed by atoms with Crippen molar-refractivity contribution in [1.82, 2.24) is 0 Å². The van der Waals surface area contributed by atoms with E-state index in [4.69, 9.17) is 9.47 Å². The van der Waals surface area contributed by atoms with Crippen LogP contribution in [0.4, 0.5) is 0 Å². The van der Waals surface area contributed by atoms with Crippen LogP contribution in [0.25, 0.3) is 0 Å². The van der Waals surface area contributed by atoms with E-state index in [0.29, 0.717) is 13.2 Å². The molecule has 0 aromatic heterocycles. The van der Waals surface area contributed by atoms with Crippen LogP contribution in [0, 0.1) is 0 Å². The van der Waals surface area contributed by atoms with Gasteiger partial charge < -0.3 is 14.6 Å². The van der Waals surface area contributed by atoms with Crippen molar-refractivity contribution in [2.24, 2.45) is 0 Å². The van der Waals surface area contributed by atoms with Gasteiger partial charge in [0.2, 0.25) is 0 Å². The van der Waals surface area contributed by atoms with Crippen LogP contribution in [0.3, 0.4) is 0 Å². The van der Waals surface area contributed by atoms with Crippen LogP contribution in [0.2, 0.25) is 0 Å². The first-order valence-electron chi connectivity index (χ1n) is 6.26. The molecular weight excluding hydrogens is 216 g/mol. The van der Waals surface area contributed by atoms with Gasteiger partial charge in [-0.1, -0.05) is 26.0 Å². The Morgan fingerprint density at radius 3 is 2.29 bits per heavy atom. The van der Waals surface area contributed by atoms with Gasteiger partial charge in [0.05, 0.1) is 13.2 Å². The van der Waals surface area contributed by atoms with Gasteiger partial charge in [0, 0.05) is 6.61 Å². The monoisotopic (exact) mass is 238 g/mol. The van der Waals surface area contributed by atoms with Crippen LogP contribution in [-0.4, -0.2) is 24.9 Å². The van der Waals surface area contributed by atoms with Gasteiger partial charge in [-0.05, 0) is 30.5 Å². The summed E-state index contributed by atoms with van der Waals surface area (Å²) in [6.45, 7) is 5.88. The molecule has 0 bridgehead atoms. The molecule has 0 aliphatic rings. The van der Waals surface area contributed by atoms with Crippen LogP contribution in [0.15, 0.2) is 24.3 Å². The van der Waals surface area contributed by atoms with Crippen LogP contribution >= 0.6 is 0 Å². The van der Waals surface area contributed by atoms with Gasteiger partial charge in [0.25, 0.3) is 0 Å². The summed E-state index contributed by atoms with van der Waals surface area (Å²) in [5.41, 5.74) is 0.866. The van der Waals surface area contributed by atoms with Crippen LogP contribution < -0.4 is 4.74 Å². The first-order chi connectivity index (χ1) is 8.27. The second-order valence-corrected chi connectivity index (χ2v) is 4.01. The number of benzene rings is 1. The summed E-state index contributed by atoms with van der Waals surface area (Å²) in [4.78, 5) is 0. The standard InChI is InChI=1S/C14H22O3/c1-3-9-16-11-14(15)12-5-7-13(8-6-12)17-10-4-2/h5-8,14-15H,3-4,9-11H2,1-2H3. The largest absolute Gasteiger partial charge is 0.494 e. The molecule has 1 rings (SSSR count). The van der Waals surface area contributed by atoms with Gasteiger partial charge >= 0.3 is 0 Å². The van der Waals surface area contributed by atoms with Crippen LogP contribution in [-0.2, 0) is 4.74 Å². The smallest absolute Gasteiger partial charge is 0.119 e. The zero-order valence-electron chi connectivity index (χ0n) is 10.7. The Hall–Kier alpha value is -1.06. The normalized spacial score (nSPS) is 12.4. The number of ether oxygens (including phenoxy) is 2. The number of rotatable bonds is 8. The van der Waals surface area contributed by atoms with Crippen molar-refractivity contribution in [2.75, 3.05) is 19.8 Å². The van der Waals surface area contributed by atoms with Gasteiger partial charge in [-0.25, -0.2) is 0 Å². The van der Waals surface area contributed by atoms with Gasteiger partial charge in [-0.2, -0.15) is 0 Å². The molecule has 0 aliphatic carbocycles. The molecule has 3 heteroatoms. The highest BCUT2D eigenvalue weighted by Crippen LogP contribution is 2.18. The van der Waals surface area contributed by atoms with E-state index in [2.05, 4.69) is 6.92 Å². The lowest BCUT2D eigenvalue weighted by Gasteiger charge is -2.12. The van der Waals surface area contributed by atoms with Crippen molar-refractivity contribution in [3.63, 3.8) is 0 Å². The highest BCUT2D eigenvalue weighted by atomic mass is 16.5. The Kier molecular flexibility index (Phi) is 6.67. The van der Waals surface area contributed by atoms with Crippen molar-refractivity contribution in [1.29, 1.82) is 0 Å². The Bertz CT molecular complexity index is 295. The lowest BCUT2D eigenvalue weighted by atomic mass is 10.1. The number of hydrogen-bond acceptors (Lipinski definition) is 3. The van der Waals surface area contributed by atoms with Crippen molar-refractivity contribution in [3.8, 4) is 5.75 Å². The zero-order valence-corrected chi connectivity index (χ0v) is 10.7. The van der Waals surface area contributed by atoms with Crippen molar-refractivity contribution < 1.29 is 14.6 Å². The number of aliphatic hydroxyl groups excluding tert-OH is 1. The predicted molar refractivity (Wildman–Crippen MR) is 68.3 cm³/mol. The molecule has 3 nitrogen and oxygen atoms in total. The van der Waals surface area contributed by atoms with E-state index in [9.17, 15) is 5.11 Å². The molecule has 1 atom stereocenters. The average Bonchev–Trinajstić information content (AvgIpc) is 2.37. The minimum atomic E-state index is -0.554. The molecule has 0 radical (unpaired) electrons. The molecule has 1 aromatic carbocycles. The molecule has 1 unspecified atom stereocenters. The fraction of sp³-hybridized carbons (Fsp3) is 0.571. The topological polar surface area (TPSA) is 38.7 Å². The number of aliphatic hydroxyl groups is 1. The molecule has 0 spiro atoms. The molecule has 0 heterocycles. The molecule has 0 saturated carbocycles. The summed E-state index contributed by atoms with van der Waals surface area (Å²) >= 11 is 0. The third kappa shape index (κ3) is 5.20. The minimum Gasteiger partial charge on any atom is -0.494 e. The zero-order chi connectivity index (χ0) is 12.5. The van der Waals surface area contributed by atoms with E-state index < -0.39 is 6.10 Å². The Balaban J connectivity index is 2.43. The van der Waals surface area contributed by atoms with Gasteiger partial charge in [0.15, 0.2) is 0 Å². The molecule has 0 aliphatic heterocycles. The first kappa shape index (κ1) is 14.0. The van der Waals surface area contributed by atoms with Gasteiger partial charge in [-0.3, -0.25) is 0 Å². The van der Waals surface area contributed by atoms with E-state index in [1.54, 1.807) is 0 Å². The fourth-order valence-electron chi connectivity index (χ4n) is 1.44. The lowest BCUT2D eigenvalue weighted by Crippen LogP contribution is -2.07. The minimum absolute atomic E-state index is 0.350. The van der Waals surface area contributed by atoms with E-state index >= 15 is 0 Å². The molecule has 96 valence electrons. The number of hydrogen-bond donors (Lipinski definition) is 1. The van der Waals surface area contributed by atoms with Crippen LogP contribution in [0.5, 0.6) is 5.75 Å². The molecule has 0 fully saturated rings. The Labute approximate surface area is 103 Å². The summed E-state index contributed by atoms with van der Waals surface area (Å²) in [7, 11) is 0. The molecule has 17 heavy (non-hydrogen) atoms. The van der Waals surface area contributed by atoms with Crippen molar-refractivity contribution in [3.05, 3.63) is 29.8 Å². The van der Waals surface area contributed by atoms with Crippen LogP contribution in [0.1, 0.15) is 38.4 Å². The van der Waals surface area contributed by atoms with Gasteiger partial charge in [-0.15, -0.1) is 0 Å². The Morgan fingerprint density at radius 2 is 1.71 bits per heavy atom. The maximum atomic E-state index is 9.85. The lowest BCUT2D eigenvalue weighted by molar-refractivity contribution is 0.0363. The van der Waals surface area contributed by atoms with E-state index in [0.717, 1.165) is 30.8 Å². The SMILES string of the molecule is CCCOCC(O)c1ccc(OCCC)cc1. The highest BCUT2D eigenvalue weighted by molar-refractivity contribution is 5.28. The third-order valence-electron chi connectivity index (χ3n) is 2.36. The average molecular weight is 238 g/mol. The first-order valence-corrected chi connectivity index (χ1v) is 6.26. The molecule has 1 N–H and O–H groups in total. The fourth-order valence-corrected chi connectivity index (χ4v) is 1.44. The molecular formula is C14H22O3. The summed E-state index contributed by atoms with van der Waals surface area (Å²) in [5, 5.41) is 9.85. The van der Waals surface area contributed by atoms with E-state index in [1.807, 2.05) is 31.2 Å². The second-order valence-electron chi connectivity index (χ2n) is 4.01. The second kappa shape index (κ2) is 8.09. The van der Waals surface area contributed by atoms with Crippen molar-refractivity contribution >= 4 is 0 Å².